The molecule has 2 nitrogen and oxygen atoms in total. The normalized spacial score (nSPS) is 11.3. The standard InChI is InChI=1S/C22H28O2/c1-19(11-12-21-13-15-22(23-2)16-14-21)18-24-17-7-6-10-20-8-4-3-5-9-20/h3-5,8-9,13-16,18H,6-7,10-12,17H2,1-2H3. The monoisotopic (exact) mass is 324 g/mol. The fourth-order valence-electron chi connectivity index (χ4n) is 2.55. The zero-order chi connectivity index (χ0) is 17.0. The van der Waals surface area contributed by atoms with E-state index in [4.69, 9.17) is 9.47 Å². The molecule has 0 aliphatic heterocycles. The number of ether oxygens (including phenoxy) is 2. The molecule has 0 saturated carbocycles. The summed E-state index contributed by atoms with van der Waals surface area (Å²) in [6.45, 7) is 2.93. The van der Waals surface area contributed by atoms with Crippen molar-refractivity contribution in [2.24, 2.45) is 0 Å². The summed E-state index contributed by atoms with van der Waals surface area (Å²) in [5, 5.41) is 0. The van der Waals surface area contributed by atoms with Crippen molar-refractivity contribution in [3.05, 3.63) is 77.6 Å². The third-order valence-corrected chi connectivity index (χ3v) is 4.07. The van der Waals surface area contributed by atoms with E-state index in [9.17, 15) is 0 Å². The van der Waals surface area contributed by atoms with Gasteiger partial charge in [0, 0.05) is 0 Å². The molecule has 0 heterocycles. The number of allylic oxidation sites excluding steroid dienone is 1. The Balaban J connectivity index is 1.57. The summed E-state index contributed by atoms with van der Waals surface area (Å²) in [7, 11) is 1.69. The minimum absolute atomic E-state index is 0.798. The Morgan fingerprint density at radius 1 is 0.875 bits per heavy atom. The topological polar surface area (TPSA) is 18.5 Å². The van der Waals surface area contributed by atoms with Crippen LogP contribution in [0.3, 0.4) is 0 Å². The third kappa shape index (κ3) is 6.91. The van der Waals surface area contributed by atoms with Crippen molar-refractivity contribution in [1.29, 1.82) is 0 Å². The van der Waals surface area contributed by atoms with Gasteiger partial charge in [-0.25, -0.2) is 0 Å². The van der Waals surface area contributed by atoms with Crippen molar-refractivity contribution in [2.75, 3.05) is 13.7 Å². The van der Waals surface area contributed by atoms with Crippen LogP contribution in [0.2, 0.25) is 0 Å². The van der Waals surface area contributed by atoms with Gasteiger partial charge >= 0.3 is 0 Å². The Kier molecular flexibility index (Phi) is 7.96. The first-order chi connectivity index (χ1) is 11.8. The molecule has 2 aromatic rings. The number of benzene rings is 2. The molecule has 0 radical (unpaired) electrons. The van der Waals surface area contributed by atoms with Crippen LogP contribution < -0.4 is 4.74 Å². The van der Waals surface area contributed by atoms with E-state index in [1.54, 1.807) is 7.11 Å². The van der Waals surface area contributed by atoms with Gasteiger partial charge in [-0.2, -0.15) is 0 Å². The molecule has 0 N–H and O–H groups in total. The number of rotatable bonds is 10. The molecule has 0 aliphatic carbocycles. The highest BCUT2D eigenvalue weighted by Crippen LogP contribution is 2.14. The second-order valence-corrected chi connectivity index (χ2v) is 6.13. The molecule has 24 heavy (non-hydrogen) atoms. The highest BCUT2D eigenvalue weighted by molar-refractivity contribution is 5.27. The molecule has 2 heteroatoms. The van der Waals surface area contributed by atoms with Crippen LogP contribution in [0.5, 0.6) is 5.75 Å². The number of hydrogen-bond donors (Lipinski definition) is 0. The molecule has 2 aromatic carbocycles. The quantitative estimate of drug-likeness (QED) is 0.420. The van der Waals surface area contributed by atoms with Crippen LogP contribution in [0, 0.1) is 0 Å². The van der Waals surface area contributed by atoms with Gasteiger partial charge in [0.25, 0.3) is 0 Å². The summed E-state index contributed by atoms with van der Waals surface area (Å²) in [6.07, 6.45) is 7.37. The van der Waals surface area contributed by atoms with E-state index in [1.165, 1.54) is 23.1 Å². The molecule has 0 unspecified atom stereocenters. The maximum Gasteiger partial charge on any atom is 0.118 e. The lowest BCUT2D eigenvalue weighted by Gasteiger charge is -2.06. The molecule has 0 atom stereocenters. The third-order valence-electron chi connectivity index (χ3n) is 4.07. The second-order valence-electron chi connectivity index (χ2n) is 6.13. The largest absolute Gasteiger partial charge is 0.501 e. The van der Waals surface area contributed by atoms with E-state index in [0.717, 1.165) is 38.0 Å². The van der Waals surface area contributed by atoms with Crippen LogP contribution in [0.15, 0.2) is 66.4 Å². The predicted octanol–water partition coefficient (Wildman–Crippen LogP) is 5.57. The van der Waals surface area contributed by atoms with Gasteiger partial charge in [0.2, 0.25) is 0 Å². The lowest BCUT2D eigenvalue weighted by atomic mass is 10.1. The zero-order valence-electron chi connectivity index (χ0n) is 14.8. The fourth-order valence-corrected chi connectivity index (χ4v) is 2.55. The first-order valence-corrected chi connectivity index (χ1v) is 8.72. The minimum Gasteiger partial charge on any atom is -0.501 e. The molecular formula is C22H28O2. The van der Waals surface area contributed by atoms with Crippen molar-refractivity contribution < 1.29 is 9.47 Å². The van der Waals surface area contributed by atoms with Crippen molar-refractivity contribution in [3.8, 4) is 5.75 Å². The van der Waals surface area contributed by atoms with Crippen molar-refractivity contribution in [3.63, 3.8) is 0 Å². The summed E-state index contributed by atoms with van der Waals surface area (Å²) in [5.41, 5.74) is 4.02. The zero-order valence-corrected chi connectivity index (χ0v) is 14.8. The van der Waals surface area contributed by atoms with Crippen LogP contribution in [0.4, 0.5) is 0 Å². The Bertz CT molecular complexity index is 600. The second kappa shape index (κ2) is 10.5. The number of aryl methyl sites for hydroxylation is 2. The van der Waals surface area contributed by atoms with Crippen molar-refractivity contribution in [1.82, 2.24) is 0 Å². The number of methoxy groups -OCH3 is 1. The summed E-state index contributed by atoms with van der Waals surface area (Å²) < 4.78 is 10.9. The highest BCUT2D eigenvalue weighted by Gasteiger charge is 1.97. The van der Waals surface area contributed by atoms with Crippen LogP contribution in [0.25, 0.3) is 0 Å². The highest BCUT2D eigenvalue weighted by atomic mass is 16.5. The Hall–Kier alpha value is -2.22. The SMILES string of the molecule is COc1ccc(CCC(C)=COCCCCc2ccccc2)cc1. The molecule has 0 spiro atoms. The average molecular weight is 324 g/mol. The van der Waals surface area contributed by atoms with Gasteiger partial charge in [0.05, 0.1) is 20.0 Å². The van der Waals surface area contributed by atoms with E-state index < -0.39 is 0 Å². The smallest absolute Gasteiger partial charge is 0.118 e. The fraction of sp³-hybridized carbons (Fsp3) is 0.364. The predicted molar refractivity (Wildman–Crippen MR) is 100 cm³/mol. The lowest BCUT2D eigenvalue weighted by Crippen LogP contribution is -1.93. The molecule has 0 bridgehead atoms. The van der Waals surface area contributed by atoms with E-state index in [2.05, 4.69) is 49.4 Å². The minimum atomic E-state index is 0.798. The lowest BCUT2D eigenvalue weighted by molar-refractivity contribution is 0.238. The van der Waals surface area contributed by atoms with Crippen LogP contribution in [-0.2, 0) is 17.6 Å². The van der Waals surface area contributed by atoms with Gasteiger partial charge in [0.15, 0.2) is 0 Å². The summed E-state index contributed by atoms with van der Waals surface area (Å²) in [6, 6.07) is 18.9. The van der Waals surface area contributed by atoms with Gasteiger partial charge in [-0.05, 0) is 67.9 Å². The van der Waals surface area contributed by atoms with Crippen molar-refractivity contribution >= 4 is 0 Å². The molecule has 0 aromatic heterocycles. The van der Waals surface area contributed by atoms with Crippen LogP contribution in [0.1, 0.15) is 37.3 Å². The first kappa shape index (κ1) is 18.1. The van der Waals surface area contributed by atoms with Gasteiger partial charge in [-0.3, -0.25) is 0 Å². The maximum atomic E-state index is 5.68. The van der Waals surface area contributed by atoms with Gasteiger partial charge in [-0.15, -0.1) is 0 Å². The number of unbranched alkanes of at least 4 members (excludes halogenated alkanes) is 1. The first-order valence-electron chi connectivity index (χ1n) is 8.72. The van der Waals surface area contributed by atoms with E-state index >= 15 is 0 Å². The van der Waals surface area contributed by atoms with Crippen LogP contribution >= 0.6 is 0 Å². The summed E-state index contributed by atoms with van der Waals surface area (Å²) >= 11 is 0. The number of hydrogen-bond acceptors (Lipinski definition) is 2. The van der Waals surface area contributed by atoms with E-state index in [-0.39, 0.29) is 0 Å². The average Bonchev–Trinajstić information content (AvgIpc) is 2.64. The van der Waals surface area contributed by atoms with Gasteiger partial charge in [0.1, 0.15) is 5.75 Å². The molecule has 0 amide bonds. The summed E-state index contributed by atoms with van der Waals surface area (Å²) in [5.74, 6) is 0.907. The molecule has 2 rings (SSSR count). The molecule has 128 valence electrons. The van der Waals surface area contributed by atoms with E-state index in [1.807, 2.05) is 18.4 Å². The van der Waals surface area contributed by atoms with E-state index in [0.29, 0.717) is 0 Å². The maximum absolute atomic E-state index is 5.68. The van der Waals surface area contributed by atoms with Crippen molar-refractivity contribution in [2.45, 2.75) is 39.0 Å². The van der Waals surface area contributed by atoms with Crippen LogP contribution in [-0.4, -0.2) is 13.7 Å². The Morgan fingerprint density at radius 3 is 2.29 bits per heavy atom. The molecule has 0 saturated heterocycles. The Morgan fingerprint density at radius 2 is 1.58 bits per heavy atom. The summed E-state index contributed by atoms with van der Waals surface area (Å²) in [4.78, 5) is 0. The molecule has 0 aliphatic rings. The Labute approximate surface area is 146 Å². The van der Waals surface area contributed by atoms with Gasteiger partial charge in [-0.1, -0.05) is 42.5 Å². The van der Waals surface area contributed by atoms with Gasteiger partial charge < -0.3 is 9.47 Å². The molecule has 0 fully saturated rings. The molecular weight excluding hydrogens is 296 g/mol.